The fraction of sp³-hybridized carbons (Fsp3) is 0.485. The van der Waals surface area contributed by atoms with Crippen LogP contribution in [0, 0.1) is 11.8 Å². The van der Waals surface area contributed by atoms with Gasteiger partial charge in [-0.3, -0.25) is 9.89 Å². The zero-order chi connectivity index (χ0) is 31.4. The molecule has 3 aliphatic rings. The molecule has 2 aliphatic heterocycles. The number of sulfonamides is 1. The Labute approximate surface area is 269 Å². The molecule has 12 heteroatoms. The molecule has 10 nitrogen and oxygen atoms in total. The molecular formula is C33H40ClN5O5S. The van der Waals surface area contributed by atoms with E-state index in [0.717, 1.165) is 56.4 Å². The monoisotopic (exact) mass is 653 g/mol. The van der Waals surface area contributed by atoms with Crippen LogP contribution in [-0.2, 0) is 34.4 Å². The quantitative estimate of drug-likeness (QED) is 0.351. The number of amides is 1. The van der Waals surface area contributed by atoms with Crippen LogP contribution in [0.1, 0.15) is 72.8 Å². The van der Waals surface area contributed by atoms with E-state index < -0.39 is 21.2 Å². The average Bonchev–Trinajstić information content (AvgIpc) is 3.52. The molecular weight excluding hydrogens is 614 g/mol. The number of carbonyl (C=O) groups excluding carboxylic acids is 1. The van der Waals surface area contributed by atoms with Crippen molar-refractivity contribution in [2.45, 2.75) is 76.4 Å². The second-order valence-electron chi connectivity index (χ2n) is 12.3. The molecule has 3 aromatic rings. The van der Waals surface area contributed by atoms with Crippen LogP contribution in [0.3, 0.4) is 0 Å². The van der Waals surface area contributed by atoms with Gasteiger partial charge in [0.25, 0.3) is 5.91 Å². The van der Waals surface area contributed by atoms with Crippen LogP contribution in [0.15, 0.2) is 54.9 Å². The second kappa shape index (κ2) is 13.9. The first-order valence-corrected chi connectivity index (χ1v) is 17.7. The number of benzene rings is 2. The maximum absolute atomic E-state index is 13.3. The highest BCUT2D eigenvalue weighted by atomic mass is 35.5. The molecule has 240 valence electrons. The van der Waals surface area contributed by atoms with E-state index in [9.17, 15) is 13.2 Å². The number of fused-ring (bicyclic) bond motifs is 3. The number of rotatable bonds is 3. The van der Waals surface area contributed by atoms with E-state index >= 15 is 0 Å². The van der Waals surface area contributed by atoms with Gasteiger partial charge in [-0.1, -0.05) is 29.8 Å². The van der Waals surface area contributed by atoms with Gasteiger partial charge in [0.15, 0.2) is 0 Å². The number of hydrogen-bond acceptors (Lipinski definition) is 8. The normalized spacial score (nSPS) is 26.2. The summed E-state index contributed by atoms with van der Waals surface area (Å²) in [6.45, 7) is 3.82. The standard InChI is InChI=1S/C33H40ClN5O5S/c1-22-6-2-3-8-30(44-20-32-35-21-36-37-32)28-13-10-25(28)18-39-15-5-4-7-23-16-27(34)12-9-26(23)19-43-31-14-11-24(17-29(31)39)33(40)38-45(22,41)42/h3,8-9,11-12,14,16-17,21-22,25,28,30H,2,4-7,10,13,15,18-20H2,1H3,(H,38,40)(H,35,36,37)/b8-3+/t22-,25+,28-,30+/m1/s1. The van der Waals surface area contributed by atoms with Crippen LogP contribution >= 0.6 is 11.6 Å². The predicted molar refractivity (Wildman–Crippen MR) is 173 cm³/mol. The number of aromatic amines is 1. The highest BCUT2D eigenvalue weighted by molar-refractivity contribution is 7.90. The van der Waals surface area contributed by atoms with E-state index in [-0.39, 0.29) is 17.6 Å². The molecule has 1 saturated carbocycles. The van der Waals surface area contributed by atoms with E-state index in [1.807, 2.05) is 24.3 Å². The Morgan fingerprint density at radius 3 is 2.80 bits per heavy atom. The SMILES string of the molecule is C[C@@H]1CC/C=C/[C@H](OCc2ncn[nH]2)[C@@H]2CC[C@H]2CN2CCCCc3cc(Cl)ccc3COc3ccc(cc32)C(=O)NS1(=O)=O. The van der Waals surface area contributed by atoms with Gasteiger partial charge in [-0.05, 0) is 105 Å². The Morgan fingerprint density at radius 2 is 2.00 bits per heavy atom. The number of carbonyl (C=O) groups is 1. The van der Waals surface area contributed by atoms with E-state index in [4.69, 9.17) is 21.1 Å². The lowest BCUT2D eigenvalue weighted by Gasteiger charge is -2.44. The van der Waals surface area contributed by atoms with Crippen molar-refractivity contribution >= 4 is 33.2 Å². The van der Waals surface area contributed by atoms with Crippen molar-refractivity contribution in [3.63, 3.8) is 0 Å². The number of aromatic nitrogens is 3. The summed E-state index contributed by atoms with van der Waals surface area (Å²) < 4.78 is 41.4. The summed E-state index contributed by atoms with van der Waals surface area (Å²) in [5, 5.41) is 6.76. The van der Waals surface area contributed by atoms with Gasteiger partial charge in [-0.15, -0.1) is 0 Å². The molecule has 2 N–H and O–H groups in total. The number of H-pyrrole nitrogens is 1. The lowest BCUT2D eigenvalue weighted by molar-refractivity contribution is -0.0246. The van der Waals surface area contributed by atoms with Crippen molar-refractivity contribution in [2.75, 3.05) is 18.0 Å². The van der Waals surface area contributed by atoms with Crippen LogP contribution in [0.25, 0.3) is 0 Å². The molecule has 3 heterocycles. The summed E-state index contributed by atoms with van der Waals surface area (Å²) in [4.78, 5) is 19.8. The van der Waals surface area contributed by atoms with Crippen molar-refractivity contribution in [3.8, 4) is 5.75 Å². The van der Waals surface area contributed by atoms with E-state index in [2.05, 4.69) is 30.9 Å². The third kappa shape index (κ3) is 7.53. The van der Waals surface area contributed by atoms with Crippen LogP contribution in [0.5, 0.6) is 5.75 Å². The summed E-state index contributed by atoms with van der Waals surface area (Å²) in [5.74, 6) is 1.31. The van der Waals surface area contributed by atoms with Gasteiger partial charge in [0, 0.05) is 23.7 Å². The molecule has 45 heavy (non-hydrogen) atoms. The largest absolute Gasteiger partial charge is 0.487 e. The number of hydrogen-bond donors (Lipinski definition) is 2. The maximum atomic E-state index is 13.3. The molecule has 2 bridgehead atoms. The van der Waals surface area contributed by atoms with Crippen molar-refractivity contribution in [1.29, 1.82) is 0 Å². The van der Waals surface area contributed by atoms with Crippen LogP contribution in [-0.4, -0.2) is 53.9 Å². The maximum Gasteiger partial charge on any atom is 0.264 e. The number of nitrogens with one attached hydrogen (secondary N) is 2. The first kappa shape index (κ1) is 31.6. The van der Waals surface area contributed by atoms with Crippen molar-refractivity contribution in [3.05, 3.63) is 82.4 Å². The lowest BCUT2D eigenvalue weighted by Crippen LogP contribution is -2.44. The fourth-order valence-electron chi connectivity index (χ4n) is 6.42. The van der Waals surface area contributed by atoms with Crippen molar-refractivity contribution < 1.29 is 22.7 Å². The Bertz CT molecular complexity index is 1630. The predicted octanol–water partition coefficient (Wildman–Crippen LogP) is 5.59. The van der Waals surface area contributed by atoms with Gasteiger partial charge in [0.1, 0.15) is 31.1 Å². The third-order valence-electron chi connectivity index (χ3n) is 9.30. The number of nitrogens with zero attached hydrogens (tertiary/aromatic N) is 3. The molecule has 1 aliphatic carbocycles. The van der Waals surface area contributed by atoms with Gasteiger partial charge < -0.3 is 14.4 Å². The smallest absolute Gasteiger partial charge is 0.264 e. The highest BCUT2D eigenvalue weighted by Crippen LogP contribution is 2.42. The molecule has 2 aromatic carbocycles. The minimum absolute atomic E-state index is 0.154. The Morgan fingerprint density at radius 1 is 1.11 bits per heavy atom. The van der Waals surface area contributed by atoms with Gasteiger partial charge >= 0.3 is 0 Å². The number of halogens is 1. The summed E-state index contributed by atoms with van der Waals surface area (Å²) in [7, 11) is -3.89. The number of aryl methyl sites for hydroxylation is 1. The summed E-state index contributed by atoms with van der Waals surface area (Å²) in [6.07, 6.45) is 11.2. The zero-order valence-corrected chi connectivity index (χ0v) is 27.0. The molecule has 0 unspecified atom stereocenters. The minimum atomic E-state index is -3.89. The molecule has 6 rings (SSSR count). The fourth-order valence-corrected chi connectivity index (χ4v) is 7.64. The molecule has 1 amide bonds. The highest BCUT2D eigenvalue weighted by Gasteiger charge is 2.38. The van der Waals surface area contributed by atoms with Crippen molar-refractivity contribution in [2.24, 2.45) is 11.8 Å². The second-order valence-corrected chi connectivity index (χ2v) is 14.8. The minimum Gasteiger partial charge on any atom is -0.487 e. The number of ether oxygens (including phenoxy) is 2. The molecule has 0 saturated heterocycles. The zero-order valence-electron chi connectivity index (χ0n) is 25.5. The summed E-state index contributed by atoms with van der Waals surface area (Å²) >= 11 is 6.34. The average molecular weight is 654 g/mol. The molecule has 4 atom stereocenters. The van der Waals surface area contributed by atoms with E-state index in [0.29, 0.717) is 48.6 Å². The molecule has 1 aromatic heterocycles. The molecule has 0 radical (unpaired) electrons. The Kier molecular flexibility index (Phi) is 9.77. The van der Waals surface area contributed by atoms with Crippen LogP contribution in [0.4, 0.5) is 5.69 Å². The van der Waals surface area contributed by atoms with Crippen LogP contribution < -0.4 is 14.4 Å². The third-order valence-corrected chi connectivity index (χ3v) is 11.3. The molecule has 1 fully saturated rings. The van der Waals surface area contributed by atoms with Gasteiger partial charge in [-0.2, -0.15) is 5.10 Å². The summed E-state index contributed by atoms with van der Waals surface area (Å²) in [5.41, 5.74) is 3.33. The summed E-state index contributed by atoms with van der Waals surface area (Å²) in [6, 6.07) is 11.1. The lowest BCUT2D eigenvalue weighted by atomic mass is 9.70. The van der Waals surface area contributed by atoms with Crippen molar-refractivity contribution in [1.82, 2.24) is 19.9 Å². The topological polar surface area (TPSA) is 127 Å². The Balaban J connectivity index is 1.35. The van der Waals surface area contributed by atoms with Crippen LogP contribution in [0.2, 0.25) is 5.02 Å². The number of anilines is 1. The Hall–Kier alpha value is -3.41. The van der Waals surface area contributed by atoms with Gasteiger partial charge in [0.2, 0.25) is 10.0 Å². The molecule has 0 spiro atoms. The van der Waals surface area contributed by atoms with Gasteiger partial charge in [0.05, 0.1) is 17.0 Å². The van der Waals surface area contributed by atoms with Gasteiger partial charge in [-0.25, -0.2) is 18.1 Å². The van der Waals surface area contributed by atoms with E-state index in [1.54, 1.807) is 25.1 Å². The number of allylic oxidation sites excluding steroid dienone is 1. The first-order chi connectivity index (χ1) is 21.8. The first-order valence-electron chi connectivity index (χ1n) is 15.7. The van der Waals surface area contributed by atoms with E-state index in [1.165, 1.54) is 11.9 Å².